The lowest BCUT2D eigenvalue weighted by Gasteiger charge is -2.31. The third-order valence-electron chi connectivity index (χ3n) is 4.94. The zero-order valence-corrected chi connectivity index (χ0v) is 16.8. The SMILES string of the molecule is Cc1noc(-c2cc(-c3cc(S(=O)(=O)N[C@H]4C[C@H](O)C4)ccc3C)cnc2N)n1. The first-order chi connectivity index (χ1) is 13.7. The predicted molar refractivity (Wildman–Crippen MR) is 106 cm³/mol. The number of nitrogens with zero attached hydrogens (tertiary/aromatic N) is 3. The first-order valence-electron chi connectivity index (χ1n) is 9.10. The van der Waals surface area contributed by atoms with Crippen molar-refractivity contribution in [3.63, 3.8) is 0 Å². The summed E-state index contributed by atoms with van der Waals surface area (Å²) in [6, 6.07) is 6.41. The van der Waals surface area contributed by atoms with Gasteiger partial charge in [0.05, 0.1) is 16.6 Å². The van der Waals surface area contributed by atoms with E-state index in [9.17, 15) is 13.5 Å². The topological polar surface area (TPSA) is 144 Å². The van der Waals surface area contributed by atoms with Gasteiger partial charge >= 0.3 is 0 Å². The zero-order chi connectivity index (χ0) is 20.8. The van der Waals surface area contributed by atoms with E-state index in [1.54, 1.807) is 37.4 Å². The minimum atomic E-state index is -3.71. The van der Waals surface area contributed by atoms with Gasteiger partial charge in [-0.2, -0.15) is 4.98 Å². The number of aliphatic hydroxyl groups excluding tert-OH is 1. The van der Waals surface area contributed by atoms with E-state index in [1.807, 2.05) is 6.92 Å². The molecule has 2 aromatic heterocycles. The van der Waals surface area contributed by atoms with Crippen LogP contribution in [0.15, 0.2) is 39.9 Å². The maximum Gasteiger partial charge on any atom is 0.261 e. The summed E-state index contributed by atoms with van der Waals surface area (Å²) in [6.07, 6.45) is 1.99. The van der Waals surface area contributed by atoms with E-state index in [4.69, 9.17) is 10.3 Å². The summed E-state index contributed by atoms with van der Waals surface area (Å²) in [4.78, 5) is 8.54. The smallest absolute Gasteiger partial charge is 0.261 e. The second-order valence-corrected chi connectivity index (χ2v) is 8.94. The fourth-order valence-electron chi connectivity index (χ4n) is 3.25. The minimum absolute atomic E-state index is 0.145. The lowest BCUT2D eigenvalue weighted by molar-refractivity contribution is 0.0712. The number of hydrogen-bond acceptors (Lipinski definition) is 8. The third kappa shape index (κ3) is 3.86. The first kappa shape index (κ1) is 19.5. The molecular weight excluding hydrogens is 394 g/mol. The maximum atomic E-state index is 12.7. The van der Waals surface area contributed by atoms with Crippen molar-refractivity contribution in [1.29, 1.82) is 0 Å². The number of anilines is 1. The molecule has 0 aliphatic heterocycles. The van der Waals surface area contributed by atoms with Crippen molar-refractivity contribution in [2.45, 2.75) is 43.7 Å². The van der Waals surface area contributed by atoms with Crippen LogP contribution in [-0.2, 0) is 10.0 Å². The third-order valence-corrected chi connectivity index (χ3v) is 6.46. The number of nitrogen functional groups attached to an aromatic ring is 1. The minimum Gasteiger partial charge on any atom is -0.393 e. The van der Waals surface area contributed by atoms with Crippen molar-refractivity contribution in [1.82, 2.24) is 19.8 Å². The number of pyridine rings is 1. The molecule has 9 nitrogen and oxygen atoms in total. The van der Waals surface area contributed by atoms with Gasteiger partial charge in [-0.1, -0.05) is 11.2 Å². The molecule has 1 aromatic carbocycles. The van der Waals surface area contributed by atoms with Gasteiger partial charge in [0.15, 0.2) is 5.82 Å². The highest BCUT2D eigenvalue weighted by Crippen LogP contribution is 2.32. The molecule has 3 aromatic rings. The normalized spacial score (nSPS) is 19.1. The Hall–Kier alpha value is -2.82. The van der Waals surface area contributed by atoms with Gasteiger partial charge in [0, 0.05) is 17.8 Å². The van der Waals surface area contributed by atoms with E-state index < -0.39 is 16.1 Å². The van der Waals surface area contributed by atoms with E-state index in [2.05, 4.69) is 19.8 Å². The molecule has 2 heterocycles. The van der Waals surface area contributed by atoms with Crippen LogP contribution in [0.3, 0.4) is 0 Å². The van der Waals surface area contributed by atoms with Crippen LogP contribution >= 0.6 is 0 Å². The number of aromatic nitrogens is 3. The second-order valence-electron chi connectivity index (χ2n) is 7.22. The molecule has 1 aliphatic rings. The Balaban J connectivity index is 1.71. The van der Waals surface area contributed by atoms with Gasteiger partial charge in [-0.15, -0.1) is 0 Å². The summed E-state index contributed by atoms with van der Waals surface area (Å²) < 4.78 is 33.3. The predicted octanol–water partition coefficient (Wildman–Crippen LogP) is 1.80. The summed E-state index contributed by atoms with van der Waals surface area (Å²) in [5.41, 5.74) is 8.71. The van der Waals surface area contributed by atoms with E-state index in [1.165, 1.54) is 0 Å². The van der Waals surface area contributed by atoms with Gasteiger partial charge in [0.25, 0.3) is 5.89 Å². The van der Waals surface area contributed by atoms with Crippen LogP contribution in [0.1, 0.15) is 24.2 Å². The van der Waals surface area contributed by atoms with Crippen LogP contribution in [0.5, 0.6) is 0 Å². The molecule has 0 spiro atoms. The first-order valence-corrected chi connectivity index (χ1v) is 10.6. The number of hydrogen-bond donors (Lipinski definition) is 3. The number of sulfonamides is 1. The highest BCUT2D eigenvalue weighted by atomic mass is 32.2. The Bertz CT molecular complexity index is 1170. The molecule has 10 heteroatoms. The Morgan fingerprint density at radius 2 is 1.97 bits per heavy atom. The molecule has 1 fully saturated rings. The molecule has 29 heavy (non-hydrogen) atoms. The molecule has 0 atom stereocenters. The van der Waals surface area contributed by atoms with Crippen LogP contribution in [0, 0.1) is 13.8 Å². The molecule has 152 valence electrons. The zero-order valence-electron chi connectivity index (χ0n) is 16.0. The number of nitrogens with one attached hydrogen (secondary N) is 1. The van der Waals surface area contributed by atoms with E-state index in [0.29, 0.717) is 35.4 Å². The van der Waals surface area contributed by atoms with Gasteiger partial charge in [0.2, 0.25) is 10.0 Å². The fourth-order valence-corrected chi connectivity index (χ4v) is 4.54. The average Bonchev–Trinajstić information content (AvgIpc) is 3.07. The molecule has 1 saturated carbocycles. The summed E-state index contributed by atoms with van der Waals surface area (Å²) in [6.45, 7) is 3.58. The molecular formula is C19H21N5O4S. The summed E-state index contributed by atoms with van der Waals surface area (Å²) >= 11 is 0. The van der Waals surface area contributed by atoms with Crippen molar-refractivity contribution < 1.29 is 18.0 Å². The van der Waals surface area contributed by atoms with Crippen LogP contribution in [0.4, 0.5) is 5.82 Å². The van der Waals surface area contributed by atoms with E-state index in [-0.39, 0.29) is 22.6 Å². The molecule has 0 amide bonds. The highest BCUT2D eigenvalue weighted by Gasteiger charge is 2.31. The van der Waals surface area contributed by atoms with Crippen molar-refractivity contribution in [3.8, 4) is 22.6 Å². The fraction of sp³-hybridized carbons (Fsp3) is 0.316. The van der Waals surface area contributed by atoms with E-state index in [0.717, 1.165) is 5.56 Å². The lowest BCUT2D eigenvalue weighted by atomic mass is 9.91. The van der Waals surface area contributed by atoms with E-state index >= 15 is 0 Å². The Morgan fingerprint density at radius 3 is 2.62 bits per heavy atom. The van der Waals surface area contributed by atoms with Gasteiger partial charge in [-0.05, 0) is 56.0 Å². The number of aryl methyl sites for hydroxylation is 2. The number of nitrogens with two attached hydrogens (primary N) is 1. The Kier molecular flexibility index (Phi) is 4.85. The Labute approximate surface area is 168 Å². The van der Waals surface area contributed by atoms with Gasteiger partial charge in [-0.3, -0.25) is 0 Å². The molecule has 0 unspecified atom stereocenters. The van der Waals surface area contributed by atoms with Crippen molar-refractivity contribution >= 4 is 15.8 Å². The molecule has 4 N–H and O–H groups in total. The number of rotatable bonds is 5. The van der Waals surface area contributed by atoms with Gasteiger partial charge < -0.3 is 15.4 Å². The highest BCUT2D eigenvalue weighted by molar-refractivity contribution is 7.89. The molecule has 0 radical (unpaired) electrons. The summed E-state index contributed by atoms with van der Waals surface area (Å²) in [5.74, 6) is 0.964. The van der Waals surface area contributed by atoms with Crippen molar-refractivity contribution in [3.05, 3.63) is 41.9 Å². The molecule has 1 aliphatic carbocycles. The average molecular weight is 415 g/mol. The summed E-state index contributed by atoms with van der Waals surface area (Å²) in [5, 5.41) is 13.2. The molecule has 0 saturated heterocycles. The monoisotopic (exact) mass is 415 g/mol. The van der Waals surface area contributed by atoms with Crippen molar-refractivity contribution in [2.75, 3.05) is 5.73 Å². The standard InChI is InChI=1S/C19H21N5O4S/c1-10-3-4-15(29(26,27)24-13-6-14(25)7-13)8-16(10)12-5-17(18(20)21-9-12)19-22-11(2)23-28-19/h3-5,8-9,13-14,24-25H,6-7H2,1-2H3,(H2,20,21)/t13-,14-. The van der Waals surface area contributed by atoms with Crippen LogP contribution in [-0.4, -0.2) is 40.8 Å². The maximum absolute atomic E-state index is 12.7. The summed E-state index contributed by atoms with van der Waals surface area (Å²) in [7, 11) is -3.71. The molecule has 0 bridgehead atoms. The Morgan fingerprint density at radius 1 is 1.21 bits per heavy atom. The quantitative estimate of drug-likeness (QED) is 0.572. The lowest BCUT2D eigenvalue weighted by Crippen LogP contribution is -2.46. The van der Waals surface area contributed by atoms with Crippen LogP contribution < -0.4 is 10.5 Å². The van der Waals surface area contributed by atoms with Crippen LogP contribution in [0.25, 0.3) is 22.6 Å². The van der Waals surface area contributed by atoms with Crippen molar-refractivity contribution in [2.24, 2.45) is 0 Å². The van der Waals surface area contributed by atoms with Gasteiger partial charge in [0.1, 0.15) is 5.82 Å². The van der Waals surface area contributed by atoms with Crippen LogP contribution in [0.2, 0.25) is 0 Å². The number of aliphatic hydroxyl groups is 1. The van der Waals surface area contributed by atoms with Gasteiger partial charge in [-0.25, -0.2) is 18.1 Å². The largest absolute Gasteiger partial charge is 0.393 e. The molecule has 4 rings (SSSR count). The second kappa shape index (κ2) is 7.21. The number of benzene rings is 1.